The summed E-state index contributed by atoms with van der Waals surface area (Å²) < 4.78 is 4.77. The van der Waals surface area contributed by atoms with Gasteiger partial charge in [-0.05, 0) is 18.3 Å². The van der Waals surface area contributed by atoms with E-state index in [1.165, 1.54) is 30.7 Å². The van der Waals surface area contributed by atoms with Crippen LogP contribution in [-0.4, -0.2) is 41.3 Å². The van der Waals surface area contributed by atoms with Crippen LogP contribution in [0.5, 0.6) is 0 Å². The Morgan fingerprint density at radius 1 is 0.875 bits per heavy atom. The molecule has 0 aliphatic carbocycles. The molecule has 0 aromatic heterocycles. The Kier molecular flexibility index (Phi) is 4.69. The lowest BCUT2D eigenvalue weighted by Gasteiger charge is -2.17. The molecular formula is C14H28N2+2. The van der Waals surface area contributed by atoms with Crippen LogP contribution in [0.15, 0.2) is 0 Å². The van der Waals surface area contributed by atoms with E-state index < -0.39 is 0 Å². The second-order valence-electron chi connectivity index (χ2n) is 5.86. The highest BCUT2D eigenvalue weighted by atomic mass is 15.2. The molecule has 1 aliphatic rings. The monoisotopic (exact) mass is 224 g/mol. The van der Waals surface area contributed by atoms with Crippen molar-refractivity contribution >= 4 is 11.4 Å². The van der Waals surface area contributed by atoms with Gasteiger partial charge in [0.1, 0.15) is 14.1 Å². The Balaban J connectivity index is 2.94. The number of hydrogen-bond donors (Lipinski definition) is 0. The highest BCUT2D eigenvalue weighted by molar-refractivity contribution is 5.78. The van der Waals surface area contributed by atoms with E-state index in [1.807, 2.05) is 0 Å². The maximum absolute atomic E-state index is 2.38. The SMILES string of the molecule is C/C1=[N+](\C)C/[N+](C)=C(/C)CC(C)CC(C)C1. The van der Waals surface area contributed by atoms with Gasteiger partial charge >= 0.3 is 6.67 Å². The molecule has 2 unspecified atom stereocenters. The molecule has 0 fully saturated rings. The lowest BCUT2D eigenvalue weighted by molar-refractivity contribution is -0.705. The lowest BCUT2D eigenvalue weighted by Crippen LogP contribution is -2.30. The molecule has 2 atom stereocenters. The van der Waals surface area contributed by atoms with Crippen LogP contribution in [0.25, 0.3) is 0 Å². The first-order valence-electron chi connectivity index (χ1n) is 6.47. The van der Waals surface area contributed by atoms with Gasteiger partial charge in [-0.1, -0.05) is 13.8 Å². The molecule has 0 spiro atoms. The van der Waals surface area contributed by atoms with E-state index in [1.54, 1.807) is 0 Å². The molecule has 1 aliphatic heterocycles. The van der Waals surface area contributed by atoms with Crippen molar-refractivity contribution in [2.75, 3.05) is 20.8 Å². The Labute approximate surface area is 101 Å². The molecule has 1 rings (SSSR count). The molecule has 0 aromatic carbocycles. The van der Waals surface area contributed by atoms with Crippen LogP contribution in [-0.2, 0) is 0 Å². The first-order chi connectivity index (χ1) is 7.40. The summed E-state index contributed by atoms with van der Waals surface area (Å²) in [6, 6.07) is 0. The Hall–Kier alpha value is -0.660. The summed E-state index contributed by atoms with van der Waals surface area (Å²) in [7, 11) is 4.41. The number of hydrogen-bond acceptors (Lipinski definition) is 0. The van der Waals surface area contributed by atoms with Gasteiger partial charge in [0.05, 0.1) is 0 Å². The maximum atomic E-state index is 2.38. The van der Waals surface area contributed by atoms with Crippen LogP contribution < -0.4 is 0 Å². The van der Waals surface area contributed by atoms with E-state index in [0.717, 1.165) is 18.5 Å². The molecule has 0 N–H and O–H groups in total. The van der Waals surface area contributed by atoms with Crippen LogP contribution in [0, 0.1) is 11.8 Å². The van der Waals surface area contributed by atoms with Crippen molar-refractivity contribution in [2.24, 2.45) is 11.8 Å². The topological polar surface area (TPSA) is 6.02 Å². The van der Waals surface area contributed by atoms with Crippen LogP contribution in [0.1, 0.15) is 47.0 Å². The summed E-state index contributed by atoms with van der Waals surface area (Å²) in [5.74, 6) is 1.63. The zero-order valence-electron chi connectivity index (χ0n) is 11.9. The maximum Gasteiger partial charge on any atom is 0.333 e. The van der Waals surface area contributed by atoms with Crippen LogP contribution in [0.2, 0.25) is 0 Å². The van der Waals surface area contributed by atoms with E-state index in [4.69, 9.17) is 0 Å². The summed E-state index contributed by atoms with van der Waals surface area (Å²) in [4.78, 5) is 0. The average molecular weight is 224 g/mol. The Morgan fingerprint density at radius 2 is 1.25 bits per heavy atom. The van der Waals surface area contributed by atoms with Crippen molar-refractivity contribution in [2.45, 2.75) is 47.0 Å². The van der Waals surface area contributed by atoms with Crippen molar-refractivity contribution < 1.29 is 9.15 Å². The van der Waals surface area contributed by atoms with Gasteiger partial charge in [0.15, 0.2) is 11.4 Å². The van der Waals surface area contributed by atoms with Gasteiger partial charge in [0, 0.05) is 26.7 Å². The molecular weight excluding hydrogens is 196 g/mol. The zero-order valence-corrected chi connectivity index (χ0v) is 11.9. The molecule has 92 valence electrons. The second kappa shape index (κ2) is 5.60. The van der Waals surface area contributed by atoms with Crippen molar-refractivity contribution in [1.29, 1.82) is 0 Å². The molecule has 0 saturated heterocycles. The molecule has 2 nitrogen and oxygen atoms in total. The summed E-state index contributed by atoms with van der Waals surface area (Å²) in [6.07, 6.45) is 3.83. The molecule has 16 heavy (non-hydrogen) atoms. The van der Waals surface area contributed by atoms with Crippen molar-refractivity contribution in [3.8, 4) is 0 Å². The highest BCUT2D eigenvalue weighted by Gasteiger charge is 2.20. The summed E-state index contributed by atoms with van der Waals surface area (Å²) in [5.41, 5.74) is 3.03. The highest BCUT2D eigenvalue weighted by Crippen LogP contribution is 2.19. The Morgan fingerprint density at radius 3 is 1.62 bits per heavy atom. The lowest BCUT2D eigenvalue weighted by atomic mass is 9.90. The van der Waals surface area contributed by atoms with Gasteiger partial charge in [0.2, 0.25) is 0 Å². The third kappa shape index (κ3) is 3.73. The van der Waals surface area contributed by atoms with E-state index >= 15 is 0 Å². The van der Waals surface area contributed by atoms with E-state index in [-0.39, 0.29) is 0 Å². The molecule has 0 radical (unpaired) electrons. The molecule has 0 aromatic rings. The quantitative estimate of drug-likeness (QED) is 0.558. The molecule has 1 heterocycles. The zero-order chi connectivity index (χ0) is 12.3. The van der Waals surface area contributed by atoms with Gasteiger partial charge in [0.25, 0.3) is 0 Å². The molecule has 2 heteroatoms. The van der Waals surface area contributed by atoms with Crippen molar-refractivity contribution in [3.63, 3.8) is 0 Å². The summed E-state index contributed by atoms with van der Waals surface area (Å²) in [5, 5.41) is 0. The van der Waals surface area contributed by atoms with Crippen molar-refractivity contribution in [1.82, 2.24) is 0 Å². The number of rotatable bonds is 0. The largest absolute Gasteiger partial charge is 0.333 e. The van der Waals surface area contributed by atoms with E-state index in [2.05, 4.69) is 50.9 Å². The minimum absolute atomic E-state index is 0.814. The van der Waals surface area contributed by atoms with Gasteiger partial charge in [-0.25, -0.2) is 0 Å². The summed E-state index contributed by atoms with van der Waals surface area (Å²) >= 11 is 0. The van der Waals surface area contributed by atoms with Gasteiger partial charge in [-0.15, -0.1) is 0 Å². The predicted octanol–water partition coefficient (Wildman–Crippen LogP) is 2.61. The van der Waals surface area contributed by atoms with Gasteiger partial charge in [-0.3, -0.25) is 0 Å². The standard InChI is InChI=1S/C14H28N2/c1-11-7-12(2)9-14(4)16(6)10-15(5)13(3)8-11/h11-12H,7-10H2,1-6H3/q+2/b15-13-,16-14-. The molecule has 0 saturated carbocycles. The minimum atomic E-state index is 0.814. The fourth-order valence-electron chi connectivity index (χ4n) is 2.73. The van der Waals surface area contributed by atoms with Gasteiger partial charge in [-0.2, -0.15) is 9.15 Å². The van der Waals surface area contributed by atoms with Crippen molar-refractivity contribution in [3.05, 3.63) is 0 Å². The third-order valence-corrected chi connectivity index (χ3v) is 3.82. The first-order valence-corrected chi connectivity index (χ1v) is 6.47. The first kappa shape index (κ1) is 13.4. The van der Waals surface area contributed by atoms with Gasteiger partial charge < -0.3 is 0 Å². The Bertz CT molecular complexity index is 283. The fraction of sp³-hybridized carbons (Fsp3) is 0.857. The minimum Gasteiger partial charge on any atom is -0.183 e. The average Bonchev–Trinajstić information content (AvgIpc) is 2.15. The van der Waals surface area contributed by atoms with Crippen LogP contribution in [0.3, 0.4) is 0 Å². The van der Waals surface area contributed by atoms with E-state index in [0.29, 0.717) is 0 Å². The predicted molar refractivity (Wildman–Crippen MR) is 70.8 cm³/mol. The normalized spacial score (nSPS) is 38.6. The molecule has 0 amide bonds. The van der Waals surface area contributed by atoms with Crippen LogP contribution in [0.4, 0.5) is 0 Å². The van der Waals surface area contributed by atoms with Crippen LogP contribution >= 0.6 is 0 Å². The number of nitrogens with zero attached hydrogens (tertiary/aromatic N) is 2. The summed E-state index contributed by atoms with van der Waals surface area (Å²) in [6.45, 7) is 10.3. The molecule has 0 bridgehead atoms. The smallest absolute Gasteiger partial charge is 0.183 e. The van der Waals surface area contributed by atoms with E-state index in [9.17, 15) is 0 Å². The third-order valence-electron chi connectivity index (χ3n) is 3.82. The fourth-order valence-corrected chi connectivity index (χ4v) is 2.73. The second-order valence-corrected chi connectivity index (χ2v) is 5.86.